The SMILES string of the molecule is CCC(CO)N1CCN(C(=O)c2c[nH]c3cc(F)ccc23)CC1. The van der Waals surface area contributed by atoms with E-state index >= 15 is 0 Å². The molecule has 1 amide bonds. The zero-order valence-electron chi connectivity index (χ0n) is 13.3. The molecule has 1 atom stereocenters. The van der Waals surface area contributed by atoms with Crippen LogP contribution in [0.15, 0.2) is 24.4 Å². The number of nitrogens with one attached hydrogen (secondary N) is 1. The Morgan fingerprint density at radius 1 is 1.35 bits per heavy atom. The molecule has 2 aromatic rings. The Labute approximate surface area is 134 Å². The third-order valence-electron chi connectivity index (χ3n) is 4.67. The maximum atomic E-state index is 13.2. The lowest BCUT2D eigenvalue weighted by atomic mass is 10.1. The molecule has 1 aliphatic heterocycles. The van der Waals surface area contributed by atoms with Gasteiger partial charge in [-0.25, -0.2) is 4.39 Å². The Morgan fingerprint density at radius 2 is 2.09 bits per heavy atom. The monoisotopic (exact) mass is 319 g/mol. The number of H-pyrrole nitrogens is 1. The zero-order valence-corrected chi connectivity index (χ0v) is 13.3. The third-order valence-corrected chi connectivity index (χ3v) is 4.67. The number of aliphatic hydroxyl groups excluding tert-OH is 1. The molecule has 23 heavy (non-hydrogen) atoms. The fourth-order valence-electron chi connectivity index (χ4n) is 3.24. The number of aromatic amines is 1. The summed E-state index contributed by atoms with van der Waals surface area (Å²) in [5, 5.41) is 10.1. The molecule has 0 saturated carbocycles. The van der Waals surface area contributed by atoms with Gasteiger partial charge in [0, 0.05) is 49.3 Å². The number of carbonyl (C=O) groups is 1. The lowest BCUT2D eigenvalue weighted by Gasteiger charge is -2.38. The summed E-state index contributed by atoms with van der Waals surface area (Å²) in [5.41, 5.74) is 1.22. The van der Waals surface area contributed by atoms with Gasteiger partial charge < -0.3 is 15.0 Å². The molecule has 2 heterocycles. The van der Waals surface area contributed by atoms with E-state index in [2.05, 4.69) is 16.8 Å². The molecule has 0 bridgehead atoms. The van der Waals surface area contributed by atoms with Gasteiger partial charge in [0.1, 0.15) is 5.82 Å². The molecule has 124 valence electrons. The van der Waals surface area contributed by atoms with Gasteiger partial charge in [0.15, 0.2) is 0 Å². The molecule has 0 radical (unpaired) electrons. The minimum atomic E-state index is -0.318. The van der Waals surface area contributed by atoms with Crippen LogP contribution in [0.4, 0.5) is 4.39 Å². The first-order valence-electron chi connectivity index (χ1n) is 8.05. The molecule has 1 aromatic heterocycles. The van der Waals surface area contributed by atoms with Crippen LogP contribution in [-0.4, -0.2) is 64.6 Å². The number of nitrogens with zero attached hydrogens (tertiary/aromatic N) is 2. The first-order chi connectivity index (χ1) is 11.1. The number of halogens is 1. The molecule has 0 spiro atoms. The summed E-state index contributed by atoms with van der Waals surface area (Å²) < 4.78 is 13.2. The maximum Gasteiger partial charge on any atom is 0.256 e. The maximum absolute atomic E-state index is 13.2. The van der Waals surface area contributed by atoms with Gasteiger partial charge in [-0.15, -0.1) is 0 Å². The smallest absolute Gasteiger partial charge is 0.256 e. The highest BCUT2D eigenvalue weighted by Crippen LogP contribution is 2.21. The van der Waals surface area contributed by atoms with Gasteiger partial charge in [-0.1, -0.05) is 6.92 Å². The molecule has 1 saturated heterocycles. The van der Waals surface area contributed by atoms with Gasteiger partial charge in [0.2, 0.25) is 0 Å². The van der Waals surface area contributed by atoms with Crippen LogP contribution in [0.25, 0.3) is 10.9 Å². The van der Waals surface area contributed by atoms with E-state index in [1.807, 2.05) is 4.90 Å². The Hall–Kier alpha value is -1.92. The molecular formula is C17H22FN3O2. The number of hydrogen-bond acceptors (Lipinski definition) is 3. The lowest BCUT2D eigenvalue weighted by Crippen LogP contribution is -2.52. The van der Waals surface area contributed by atoms with E-state index in [0.717, 1.165) is 24.9 Å². The van der Waals surface area contributed by atoms with Gasteiger partial charge >= 0.3 is 0 Å². The summed E-state index contributed by atoms with van der Waals surface area (Å²) in [5.74, 6) is -0.346. The molecule has 3 rings (SSSR count). The topological polar surface area (TPSA) is 59.6 Å². The lowest BCUT2D eigenvalue weighted by molar-refractivity contribution is 0.0474. The van der Waals surface area contributed by atoms with Crippen LogP contribution < -0.4 is 0 Å². The Balaban J connectivity index is 1.72. The van der Waals surface area contributed by atoms with Crippen molar-refractivity contribution in [1.29, 1.82) is 0 Å². The summed E-state index contributed by atoms with van der Waals surface area (Å²) in [7, 11) is 0. The number of benzene rings is 1. The van der Waals surface area contributed by atoms with Crippen molar-refractivity contribution in [2.75, 3.05) is 32.8 Å². The summed E-state index contributed by atoms with van der Waals surface area (Å²) >= 11 is 0. The van der Waals surface area contributed by atoms with Crippen LogP contribution in [0.5, 0.6) is 0 Å². The highest BCUT2D eigenvalue weighted by atomic mass is 19.1. The van der Waals surface area contributed by atoms with E-state index < -0.39 is 0 Å². The van der Waals surface area contributed by atoms with E-state index in [1.165, 1.54) is 12.1 Å². The zero-order chi connectivity index (χ0) is 16.4. The number of aromatic nitrogens is 1. The molecule has 6 heteroatoms. The van der Waals surface area contributed by atoms with Crippen molar-refractivity contribution in [2.45, 2.75) is 19.4 Å². The Bertz CT molecular complexity index is 688. The number of fused-ring (bicyclic) bond motifs is 1. The third kappa shape index (κ3) is 3.09. The molecule has 1 aromatic carbocycles. The first kappa shape index (κ1) is 16.0. The average Bonchev–Trinajstić information content (AvgIpc) is 2.99. The van der Waals surface area contributed by atoms with Crippen molar-refractivity contribution in [3.8, 4) is 0 Å². The number of piperazine rings is 1. The largest absolute Gasteiger partial charge is 0.395 e. The van der Waals surface area contributed by atoms with Crippen molar-refractivity contribution in [1.82, 2.24) is 14.8 Å². The average molecular weight is 319 g/mol. The number of rotatable bonds is 4. The number of hydrogen-bond donors (Lipinski definition) is 2. The predicted molar refractivity (Wildman–Crippen MR) is 86.9 cm³/mol. The minimum absolute atomic E-state index is 0.0282. The van der Waals surface area contributed by atoms with E-state index in [1.54, 1.807) is 12.3 Å². The Morgan fingerprint density at radius 3 is 2.74 bits per heavy atom. The Kier molecular flexibility index (Phi) is 4.63. The minimum Gasteiger partial charge on any atom is -0.395 e. The van der Waals surface area contributed by atoms with Crippen molar-refractivity contribution < 1.29 is 14.3 Å². The molecule has 1 aliphatic rings. The normalized spacial score (nSPS) is 17.6. The van der Waals surface area contributed by atoms with E-state index in [4.69, 9.17) is 0 Å². The highest BCUT2D eigenvalue weighted by molar-refractivity contribution is 6.06. The number of amides is 1. The van der Waals surface area contributed by atoms with Crippen LogP contribution in [0, 0.1) is 5.82 Å². The van der Waals surface area contributed by atoms with E-state index in [9.17, 15) is 14.3 Å². The van der Waals surface area contributed by atoms with Crippen LogP contribution in [0.2, 0.25) is 0 Å². The standard InChI is InChI=1S/C17H22FN3O2/c1-2-13(11-22)20-5-7-21(8-6-20)17(23)15-10-19-16-9-12(18)3-4-14(15)16/h3-4,9-10,13,19,22H,2,5-8,11H2,1H3. The van der Waals surface area contributed by atoms with Gasteiger partial charge in [0.25, 0.3) is 5.91 Å². The fourth-order valence-corrected chi connectivity index (χ4v) is 3.24. The van der Waals surface area contributed by atoms with Gasteiger partial charge in [0.05, 0.1) is 12.2 Å². The van der Waals surface area contributed by atoms with Gasteiger partial charge in [-0.3, -0.25) is 9.69 Å². The van der Waals surface area contributed by atoms with Crippen molar-refractivity contribution in [2.24, 2.45) is 0 Å². The first-order valence-corrected chi connectivity index (χ1v) is 8.05. The second-order valence-corrected chi connectivity index (χ2v) is 5.97. The van der Waals surface area contributed by atoms with Crippen molar-refractivity contribution in [3.63, 3.8) is 0 Å². The number of carbonyl (C=O) groups excluding carboxylic acids is 1. The van der Waals surface area contributed by atoms with Crippen LogP contribution >= 0.6 is 0 Å². The second kappa shape index (κ2) is 6.68. The predicted octanol–water partition coefficient (Wildman–Crippen LogP) is 1.84. The van der Waals surface area contributed by atoms with Gasteiger partial charge in [-0.2, -0.15) is 0 Å². The molecule has 1 unspecified atom stereocenters. The molecule has 2 N–H and O–H groups in total. The van der Waals surface area contributed by atoms with Crippen molar-refractivity contribution in [3.05, 3.63) is 35.8 Å². The number of aliphatic hydroxyl groups is 1. The molecular weight excluding hydrogens is 297 g/mol. The molecule has 1 fully saturated rings. The summed E-state index contributed by atoms with van der Waals surface area (Å²) in [6.07, 6.45) is 2.56. The van der Waals surface area contributed by atoms with Crippen LogP contribution in [-0.2, 0) is 0 Å². The summed E-state index contributed by atoms with van der Waals surface area (Å²) in [6, 6.07) is 4.59. The van der Waals surface area contributed by atoms with E-state index in [-0.39, 0.29) is 24.4 Å². The molecule has 5 nitrogen and oxygen atoms in total. The van der Waals surface area contributed by atoms with Gasteiger partial charge in [-0.05, 0) is 24.6 Å². The van der Waals surface area contributed by atoms with Crippen LogP contribution in [0.1, 0.15) is 23.7 Å². The second-order valence-electron chi connectivity index (χ2n) is 5.97. The van der Waals surface area contributed by atoms with Crippen molar-refractivity contribution >= 4 is 16.8 Å². The highest BCUT2D eigenvalue weighted by Gasteiger charge is 2.26. The fraction of sp³-hybridized carbons (Fsp3) is 0.471. The quantitative estimate of drug-likeness (QED) is 0.904. The van der Waals surface area contributed by atoms with Crippen LogP contribution in [0.3, 0.4) is 0 Å². The summed E-state index contributed by atoms with van der Waals surface area (Å²) in [6.45, 7) is 5.03. The van der Waals surface area contributed by atoms with E-state index in [0.29, 0.717) is 24.2 Å². The summed E-state index contributed by atoms with van der Waals surface area (Å²) in [4.78, 5) is 19.7. The molecule has 0 aliphatic carbocycles.